The normalized spacial score (nSPS) is 19.3. The van der Waals surface area contributed by atoms with Crippen LogP contribution in [0.3, 0.4) is 0 Å². The zero-order valence-corrected chi connectivity index (χ0v) is 10.2. The van der Waals surface area contributed by atoms with Crippen LogP contribution in [-0.2, 0) is 0 Å². The largest absolute Gasteiger partial charge is 0.363 e. The average molecular weight is 214 g/mol. The van der Waals surface area contributed by atoms with Crippen molar-refractivity contribution in [2.45, 2.75) is 46.0 Å². The quantitative estimate of drug-likeness (QED) is 0.703. The maximum atomic E-state index is 5.18. The van der Waals surface area contributed by atoms with E-state index in [2.05, 4.69) is 24.5 Å². The highest BCUT2D eigenvalue weighted by molar-refractivity contribution is 7.80. The van der Waals surface area contributed by atoms with Crippen molar-refractivity contribution in [1.82, 2.24) is 10.6 Å². The summed E-state index contributed by atoms with van der Waals surface area (Å²) in [6.07, 6.45) is 6.58. The number of hydrogen-bond donors (Lipinski definition) is 2. The van der Waals surface area contributed by atoms with E-state index < -0.39 is 0 Å². The Morgan fingerprint density at radius 3 is 2.50 bits per heavy atom. The lowest BCUT2D eigenvalue weighted by Crippen LogP contribution is -2.40. The Balaban J connectivity index is 2.15. The maximum Gasteiger partial charge on any atom is 0.166 e. The van der Waals surface area contributed by atoms with Crippen LogP contribution < -0.4 is 10.6 Å². The van der Waals surface area contributed by atoms with E-state index in [-0.39, 0.29) is 0 Å². The van der Waals surface area contributed by atoms with Gasteiger partial charge in [-0.3, -0.25) is 0 Å². The molecular weight excluding hydrogens is 192 g/mol. The zero-order valence-electron chi connectivity index (χ0n) is 9.36. The van der Waals surface area contributed by atoms with Crippen molar-refractivity contribution >= 4 is 17.3 Å². The zero-order chi connectivity index (χ0) is 10.4. The van der Waals surface area contributed by atoms with Crippen molar-refractivity contribution in [2.75, 3.05) is 13.1 Å². The summed E-state index contributed by atoms with van der Waals surface area (Å²) in [5.74, 6) is 0. The van der Waals surface area contributed by atoms with Gasteiger partial charge in [-0.25, -0.2) is 0 Å². The molecule has 0 amide bonds. The molecule has 0 aromatic carbocycles. The molecule has 0 aromatic heterocycles. The van der Waals surface area contributed by atoms with E-state index in [4.69, 9.17) is 12.2 Å². The Hall–Kier alpha value is -0.310. The lowest BCUT2D eigenvalue weighted by Gasteiger charge is -2.24. The van der Waals surface area contributed by atoms with Gasteiger partial charge >= 0.3 is 0 Å². The minimum atomic E-state index is 0.484. The Labute approximate surface area is 92.8 Å². The molecule has 2 nitrogen and oxygen atoms in total. The summed E-state index contributed by atoms with van der Waals surface area (Å²) in [5.41, 5.74) is 0.484. The molecule has 0 radical (unpaired) electrons. The van der Waals surface area contributed by atoms with Crippen LogP contribution in [0.5, 0.6) is 0 Å². The molecule has 0 atom stereocenters. The molecule has 82 valence electrons. The van der Waals surface area contributed by atoms with Gasteiger partial charge in [0.15, 0.2) is 5.11 Å². The van der Waals surface area contributed by atoms with Crippen LogP contribution in [0.1, 0.15) is 46.0 Å². The van der Waals surface area contributed by atoms with Crippen molar-refractivity contribution in [3.05, 3.63) is 0 Å². The monoisotopic (exact) mass is 214 g/mol. The van der Waals surface area contributed by atoms with Crippen LogP contribution in [0.25, 0.3) is 0 Å². The van der Waals surface area contributed by atoms with E-state index in [9.17, 15) is 0 Å². The third kappa shape index (κ3) is 3.82. The number of rotatable bonds is 4. The highest BCUT2D eigenvalue weighted by Crippen LogP contribution is 2.36. The van der Waals surface area contributed by atoms with E-state index in [1.807, 2.05) is 0 Å². The first-order valence-electron chi connectivity index (χ1n) is 5.68. The molecule has 3 heteroatoms. The van der Waals surface area contributed by atoms with Crippen molar-refractivity contribution in [3.63, 3.8) is 0 Å². The van der Waals surface area contributed by atoms with Crippen molar-refractivity contribution in [3.8, 4) is 0 Å². The highest BCUT2D eigenvalue weighted by Gasteiger charge is 2.28. The Morgan fingerprint density at radius 2 is 1.93 bits per heavy atom. The predicted octanol–water partition coefficient (Wildman–Crippen LogP) is 2.44. The second-order valence-corrected chi connectivity index (χ2v) is 5.04. The van der Waals surface area contributed by atoms with Crippen LogP contribution in [0.2, 0.25) is 0 Å². The average Bonchev–Trinajstić information content (AvgIpc) is 2.60. The first-order valence-corrected chi connectivity index (χ1v) is 6.09. The van der Waals surface area contributed by atoms with E-state index >= 15 is 0 Å². The number of nitrogens with one attached hydrogen (secondary N) is 2. The van der Waals surface area contributed by atoms with Gasteiger partial charge < -0.3 is 10.6 Å². The summed E-state index contributed by atoms with van der Waals surface area (Å²) in [7, 11) is 0. The molecule has 0 spiro atoms. The van der Waals surface area contributed by atoms with Crippen LogP contribution in [0.15, 0.2) is 0 Å². The molecule has 0 aromatic rings. The molecule has 2 N–H and O–H groups in total. The topological polar surface area (TPSA) is 24.1 Å². The van der Waals surface area contributed by atoms with Gasteiger partial charge in [0.05, 0.1) is 0 Å². The van der Waals surface area contributed by atoms with Gasteiger partial charge in [0.25, 0.3) is 0 Å². The molecule has 1 fully saturated rings. The van der Waals surface area contributed by atoms with E-state index in [0.29, 0.717) is 5.41 Å². The van der Waals surface area contributed by atoms with E-state index in [0.717, 1.165) is 24.6 Å². The second kappa shape index (κ2) is 5.54. The lowest BCUT2D eigenvalue weighted by atomic mass is 9.89. The molecule has 1 saturated carbocycles. The fourth-order valence-electron chi connectivity index (χ4n) is 2.00. The van der Waals surface area contributed by atoms with Crippen molar-refractivity contribution < 1.29 is 0 Å². The predicted molar refractivity (Wildman–Crippen MR) is 65.5 cm³/mol. The van der Waals surface area contributed by atoms with Crippen molar-refractivity contribution in [2.24, 2.45) is 5.41 Å². The van der Waals surface area contributed by atoms with Gasteiger partial charge in [0, 0.05) is 13.1 Å². The summed E-state index contributed by atoms with van der Waals surface area (Å²) < 4.78 is 0. The Morgan fingerprint density at radius 1 is 1.29 bits per heavy atom. The number of thiocarbonyl (C=S) groups is 1. The third-order valence-electron chi connectivity index (χ3n) is 3.02. The molecule has 0 aliphatic heterocycles. The molecule has 1 aliphatic carbocycles. The molecule has 0 unspecified atom stereocenters. The molecule has 0 bridgehead atoms. The summed E-state index contributed by atoms with van der Waals surface area (Å²) in [4.78, 5) is 0. The molecule has 14 heavy (non-hydrogen) atoms. The lowest BCUT2D eigenvalue weighted by molar-refractivity contribution is 0.335. The maximum absolute atomic E-state index is 5.18. The third-order valence-corrected chi connectivity index (χ3v) is 3.31. The molecular formula is C11H22N2S. The van der Waals surface area contributed by atoms with Crippen LogP contribution >= 0.6 is 12.2 Å². The molecule has 1 rings (SSSR count). The van der Waals surface area contributed by atoms with Crippen LogP contribution in [-0.4, -0.2) is 18.2 Å². The smallest absolute Gasteiger partial charge is 0.166 e. The Bertz CT molecular complexity index is 186. The van der Waals surface area contributed by atoms with Gasteiger partial charge in [-0.05, 0) is 36.9 Å². The summed E-state index contributed by atoms with van der Waals surface area (Å²) in [5, 5.41) is 7.33. The fraction of sp³-hybridized carbons (Fsp3) is 0.909. The fourth-order valence-corrected chi connectivity index (χ4v) is 2.17. The van der Waals surface area contributed by atoms with Gasteiger partial charge in [-0.15, -0.1) is 0 Å². The van der Waals surface area contributed by atoms with Crippen LogP contribution in [0.4, 0.5) is 0 Å². The SMILES string of the molecule is CCCNC(=S)NCC1(C)CCCC1. The molecule has 0 saturated heterocycles. The summed E-state index contributed by atoms with van der Waals surface area (Å²) in [6.45, 7) is 6.51. The van der Waals surface area contributed by atoms with Gasteiger partial charge in [0.2, 0.25) is 0 Å². The molecule has 0 heterocycles. The van der Waals surface area contributed by atoms with E-state index in [1.54, 1.807) is 0 Å². The first-order chi connectivity index (χ1) is 6.66. The first kappa shape index (κ1) is 11.8. The van der Waals surface area contributed by atoms with E-state index in [1.165, 1.54) is 25.7 Å². The van der Waals surface area contributed by atoms with Gasteiger partial charge in [-0.2, -0.15) is 0 Å². The number of hydrogen-bond acceptors (Lipinski definition) is 1. The molecule has 1 aliphatic rings. The summed E-state index contributed by atoms with van der Waals surface area (Å²) >= 11 is 5.18. The summed E-state index contributed by atoms with van der Waals surface area (Å²) in [6, 6.07) is 0. The van der Waals surface area contributed by atoms with Crippen molar-refractivity contribution in [1.29, 1.82) is 0 Å². The highest BCUT2D eigenvalue weighted by atomic mass is 32.1. The standard InChI is InChI=1S/C11H22N2S/c1-3-8-12-10(14)13-9-11(2)6-4-5-7-11/h3-9H2,1-2H3,(H2,12,13,14). The van der Waals surface area contributed by atoms with Crippen LogP contribution in [0, 0.1) is 5.41 Å². The minimum Gasteiger partial charge on any atom is -0.363 e. The Kier molecular flexibility index (Phi) is 4.66. The van der Waals surface area contributed by atoms with Gasteiger partial charge in [-0.1, -0.05) is 26.7 Å². The second-order valence-electron chi connectivity index (χ2n) is 4.63. The minimum absolute atomic E-state index is 0.484. The van der Waals surface area contributed by atoms with Gasteiger partial charge in [0.1, 0.15) is 0 Å².